The molecular formula is C17H17N. The zero-order valence-corrected chi connectivity index (χ0v) is 10.6. The monoisotopic (exact) mass is 235 g/mol. The molecule has 2 aromatic rings. The molecule has 2 rings (SSSR count). The van der Waals surface area contributed by atoms with Gasteiger partial charge in [0, 0.05) is 11.3 Å². The van der Waals surface area contributed by atoms with Gasteiger partial charge in [-0.25, -0.2) is 0 Å². The molecule has 1 unspecified atom stereocenters. The minimum Gasteiger partial charge on any atom is -0.378 e. The highest BCUT2D eigenvalue weighted by atomic mass is 14.9. The summed E-state index contributed by atoms with van der Waals surface area (Å²) in [5, 5.41) is 3.52. The molecule has 0 aliphatic rings. The number of benzene rings is 2. The minimum atomic E-state index is 0.319. The number of hydrogen-bond donors (Lipinski definition) is 1. The molecule has 1 nitrogen and oxygen atoms in total. The Balaban J connectivity index is 2.18. The van der Waals surface area contributed by atoms with Crippen molar-refractivity contribution in [3.63, 3.8) is 0 Å². The smallest absolute Gasteiger partial charge is 0.0511 e. The van der Waals surface area contributed by atoms with Gasteiger partial charge < -0.3 is 5.32 Å². The van der Waals surface area contributed by atoms with E-state index in [2.05, 4.69) is 42.4 Å². The molecule has 2 aromatic carbocycles. The summed E-state index contributed by atoms with van der Waals surface area (Å²) >= 11 is 0. The third-order valence-corrected chi connectivity index (χ3v) is 2.98. The van der Waals surface area contributed by atoms with Gasteiger partial charge in [0.25, 0.3) is 0 Å². The first-order chi connectivity index (χ1) is 8.83. The summed E-state index contributed by atoms with van der Waals surface area (Å²) in [6, 6.07) is 18.8. The Hall–Kier alpha value is -2.20. The summed E-state index contributed by atoms with van der Waals surface area (Å²) in [4.78, 5) is 0. The first kappa shape index (κ1) is 12.3. The van der Waals surface area contributed by atoms with E-state index in [1.165, 1.54) is 5.56 Å². The zero-order chi connectivity index (χ0) is 12.8. The number of nitrogens with one attached hydrogen (secondary N) is 1. The van der Waals surface area contributed by atoms with Crippen LogP contribution < -0.4 is 5.32 Å². The van der Waals surface area contributed by atoms with Crippen molar-refractivity contribution < 1.29 is 0 Å². The highest BCUT2D eigenvalue weighted by Crippen LogP contribution is 2.22. The normalized spacial score (nSPS) is 11.6. The van der Waals surface area contributed by atoms with Gasteiger partial charge in [0.2, 0.25) is 0 Å². The summed E-state index contributed by atoms with van der Waals surface area (Å²) in [5.74, 6) is 2.66. The van der Waals surface area contributed by atoms with Gasteiger partial charge in [-0.2, -0.15) is 0 Å². The summed E-state index contributed by atoms with van der Waals surface area (Å²) < 4.78 is 0. The molecule has 0 amide bonds. The molecule has 0 spiro atoms. The van der Waals surface area contributed by atoms with Crippen LogP contribution in [0.2, 0.25) is 0 Å². The van der Waals surface area contributed by atoms with Gasteiger partial charge in [-0.05, 0) is 30.2 Å². The molecule has 1 N–H and O–H groups in total. The molecule has 0 aliphatic carbocycles. The molecule has 0 radical (unpaired) electrons. The first-order valence-electron chi connectivity index (χ1n) is 6.21. The molecule has 0 heterocycles. The molecule has 1 atom stereocenters. The van der Waals surface area contributed by atoms with Gasteiger partial charge in [0.05, 0.1) is 6.04 Å². The van der Waals surface area contributed by atoms with E-state index in [1.807, 2.05) is 30.3 Å². The number of rotatable bonds is 4. The Kier molecular flexibility index (Phi) is 4.04. The van der Waals surface area contributed by atoms with Gasteiger partial charge >= 0.3 is 0 Å². The van der Waals surface area contributed by atoms with Crippen LogP contribution >= 0.6 is 0 Å². The molecule has 0 saturated heterocycles. The van der Waals surface area contributed by atoms with Crippen LogP contribution in [0, 0.1) is 12.3 Å². The lowest BCUT2D eigenvalue weighted by atomic mass is 10.0. The lowest BCUT2D eigenvalue weighted by molar-refractivity contribution is 0.749. The SMILES string of the molecule is C#Cc1cccc(NC(CC)c2ccccc2)c1. The van der Waals surface area contributed by atoms with Crippen molar-refractivity contribution >= 4 is 5.69 Å². The summed E-state index contributed by atoms with van der Waals surface area (Å²) in [6.45, 7) is 2.18. The fourth-order valence-corrected chi connectivity index (χ4v) is 2.01. The van der Waals surface area contributed by atoms with Crippen LogP contribution in [-0.4, -0.2) is 0 Å². The van der Waals surface area contributed by atoms with E-state index in [4.69, 9.17) is 6.42 Å². The van der Waals surface area contributed by atoms with Crippen molar-refractivity contribution in [3.8, 4) is 12.3 Å². The van der Waals surface area contributed by atoms with Crippen molar-refractivity contribution in [1.82, 2.24) is 0 Å². The van der Waals surface area contributed by atoms with Crippen molar-refractivity contribution in [3.05, 3.63) is 65.7 Å². The van der Waals surface area contributed by atoms with Crippen molar-refractivity contribution in [2.45, 2.75) is 19.4 Å². The number of anilines is 1. The van der Waals surface area contributed by atoms with Crippen molar-refractivity contribution in [1.29, 1.82) is 0 Å². The molecule has 0 aliphatic heterocycles. The predicted molar refractivity (Wildman–Crippen MR) is 77.5 cm³/mol. The second kappa shape index (κ2) is 5.93. The predicted octanol–water partition coefficient (Wildman–Crippen LogP) is 4.23. The molecule has 1 heteroatoms. The van der Waals surface area contributed by atoms with Crippen LogP contribution in [0.3, 0.4) is 0 Å². The Labute approximate surface area is 109 Å². The van der Waals surface area contributed by atoms with E-state index in [9.17, 15) is 0 Å². The van der Waals surface area contributed by atoms with Crippen LogP contribution in [0.4, 0.5) is 5.69 Å². The largest absolute Gasteiger partial charge is 0.378 e. The lowest BCUT2D eigenvalue weighted by Gasteiger charge is -2.19. The van der Waals surface area contributed by atoms with Crippen LogP contribution in [-0.2, 0) is 0 Å². The third-order valence-electron chi connectivity index (χ3n) is 2.98. The highest BCUT2D eigenvalue weighted by Gasteiger charge is 2.08. The fraction of sp³-hybridized carbons (Fsp3) is 0.176. The van der Waals surface area contributed by atoms with Gasteiger partial charge in [-0.3, -0.25) is 0 Å². The van der Waals surface area contributed by atoms with Gasteiger partial charge in [0.15, 0.2) is 0 Å². The Bertz CT molecular complexity index is 537. The van der Waals surface area contributed by atoms with E-state index in [0.29, 0.717) is 6.04 Å². The second-order valence-electron chi connectivity index (χ2n) is 4.24. The fourth-order valence-electron chi connectivity index (χ4n) is 2.01. The van der Waals surface area contributed by atoms with E-state index >= 15 is 0 Å². The number of hydrogen-bond acceptors (Lipinski definition) is 1. The molecule has 0 aromatic heterocycles. The van der Waals surface area contributed by atoms with Gasteiger partial charge in [-0.1, -0.05) is 49.2 Å². The maximum atomic E-state index is 5.42. The average Bonchev–Trinajstić information content (AvgIpc) is 2.46. The van der Waals surface area contributed by atoms with E-state index in [-0.39, 0.29) is 0 Å². The Morgan fingerprint density at radius 2 is 1.89 bits per heavy atom. The maximum absolute atomic E-state index is 5.42. The molecular weight excluding hydrogens is 218 g/mol. The van der Waals surface area contributed by atoms with Crippen LogP contribution in [0.15, 0.2) is 54.6 Å². The average molecular weight is 235 g/mol. The Morgan fingerprint density at radius 3 is 2.56 bits per heavy atom. The maximum Gasteiger partial charge on any atom is 0.0511 e. The summed E-state index contributed by atoms with van der Waals surface area (Å²) in [7, 11) is 0. The van der Waals surface area contributed by atoms with Gasteiger partial charge in [-0.15, -0.1) is 6.42 Å². The topological polar surface area (TPSA) is 12.0 Å². The molecule has 90 valence electrons. The molecule has 18 heavy (non-hydrogen) atoms. The van der Waals surface area contributed by atoms with Crippen LogP contribution in [0.5, 0.6) is 0 Å². The van der Waals surface area contributed by atoms with Gasteiger partial charge in [0.1, 0.15) is 0 Å². The van der Waals surface area contributed by atoms with E-state index in [0.717, 1.165) is 17.7 Å². The summed E-state index contributed by atoms with van der Waals surface area (Å²) in [6.07, 6.45) is 6.45. The minimum absolute atomic E-state index is 0.319. The van der Waals surface area contributed by atoms with Crippen LogP contribution in [0.1, 0.15) is 30.5 Å². The van der Waals surface area contributed by atoms with Crippen molar-refractivity contribution in [2.75, 3.05) is 5.32 Å². The standard InChI is InChI=1S/C17H17N/c1-3-14-9-8-12-16(13-14)18-17(4-2)15-10-6-5-7-11-15/h1,5-13,17-18H,4H2,2H3. The summed E-state index contributed by atoms with van der Waals surface area (Å²) in [5.41, 5.74) is 3.27. The molecule has 0 fully saturated rings. The second-order valence-corrected chi connectivity index (χ2v) is 4.24. The van der Waals surface area contributed by atoms with E-state index in [1.54, 1.807) is 0 Å². The Morgan fingerprint density at radius 1 is 1.11 bits per heavy atom. The van der Waals surface area contributed by atoms with Crippen LogP contribution in [0.25, 0.3) is 0 Å². The number of terminal acetylenes is 1. The highest BCUT2D eigenvalue weighted by molar-refractivity contribution is 5.51. The van der Waals surface area contributed by atoms with E-state index < -0.39 is 0 Å². The third kappa shape index (κ3) is 2.93. The zero-order valence-electron chi connectivity index (χ0n) is 10.6. The van der Waals surface area contributed by atoms with Crippen molar-refractivity contribution in [2.24, 2.45) is 0 Å². The first-order valence-corrected chi connectivity index (χ1v) is 6.21. The molecule has 0 bridgehead atoms. The lowest BCUT2D eigenvalue weighted by Crippen LogP contribution is -2.09. The molecule has 0 saturated carbocycles. The quantitative estimate of drug-likeness (QED) is 0.782.